The number of amides is 4. The number of carbonyl (C=O) groups excluding carboxylic acids is 4. The Morgan fingerprint density at radius 3 is 1.53 bits per heavy atom. The summed E-state index contributed by atoms with van der Waals surface area (Å²) >= 11 is 0. The number of hydrogen-bond acceptors (Lipinski definition) is 7. The second-order valence-electron chi connectivity index (χ2n) is 7.80. The van der Waals surface area contributed by atoms with Crippen LogP contribution in [0.1, 0.15) is 41.0 Å². The first-order valence-electron chi connectivity index (χ1n) is 9.54. The maximum Gasteiger partial charge on any atom is 0.326 e. The minimum atomic E-state index is -1.46. The van der Waals surface area contributed by atoms with Crippen molar-refractivity contribution in [2.24, 2.45) is 23.3 Å². The summed E-state index contributed by atoms with van der Waals surface area (Å²) in [5.74, 6) is -5.38. The molecule has 0 aromatic carbocycles. The van der Waals surface area contributed by atoms with Crippen molar-refractivity contribution < 1.29 is 34.2 Å². The Bertz CT molecular complexity index is 651. The lowest BCUT2D eigenvalue weighted by Crippen LogP contribution is -2.61. The topological polar surface area (TPSA) is 214 Å². The summed E-state index contributed by atoms with van der Waals surface area (Å²) in [6.45, 7) is 7.69. The van der Waals surface area contributed by atoms with E-state index in [1.165, 1.54) is 6.92 Å². The van der Waals surface area contributed by atoms with Crippen LogP contribution in [0.5, 0.6) is 0 Å². The molecule has 0 aliphatic heterocycles. The van der Waals surface area contributed by atoms with Gasteiger partial charge in [-0.15, -0.1) is 0 Å². The molecule has 12 nitrogen and oxygen atoms in total. The molecule has 0 unspecified atom stereocenters. The van der Waals surface area contributed by atoms with E-state index in [9.17, 15) is 34.2 Å². The van der Waals surface area contributed by atoms with Crippen LogP contribution in [0, 0.1) is 11.8 Å². The van der Waals surface area contributed by atoms with Gasteiger partial charge in [-0.25, -0.2) is 4.79 Å². The van der Waals surface area contributed by atoms with E-state index in [-0.39, 0.29) is 0 Å². The minimum absolute atomic E-state index is 0.414. The number of rotatable bonds is 12. The molecule has 0 bridgehead atoms. The summed E-state index contributed by atoms with van der Waals surface area (Å²) in [5.41, 5.74) is 10.6. The Hall–Kier alpha value is -2.73. The molecule has 12 heteroatoms. The van der Waals surface area contributed by atoms with E-state index in [0.717, 1.165) is 0 Å². The highest BCUT2D eigenvalue weighted by Gasteiger charge is 2.34. The van der Waals surface area contributed by atoms with Gasteiger partial charge in [0.2, 0.25) is 23.6 Å². The lowest BCUT2D eigenvalue weighted by Gasteiger charge is -2.28. The van der Waals surface area contributed by atoms with Crippen molar-refractivity contribution in [1.82, 2.24) is 16.0 Å². The number of nitrogens with two attached hydrogens (primary N) is 2. The molecule has 0 saturated heterocycles. The number of hydrogen-bond donors (Lipinski definition) is 7. The van der Waals surface area contributed by atoms with Crippen molar-refractivity contribution in [3.05, 3.63) is 0 Å². The highest BCUT2D eigenvalue weighted by atomic mass is 16.4. The smallest absolute Gasteiger partial charge is 0.326 e. The van der Waals surface area contributed by atoms with E-state index in [1.807, 2.05) is 0 Å². The van der Waals surface area contributed by atoms with Crippen LogP contribution in [0.3, 0.4) is 0 Å². The fourth-order valence-corrected chi connectivity index (χ4v) is 2.51. The summed E-state index contributed by atoms with van der Waals surface area (Å²) in [6.07, 6.45) is -1.76. The summed E-state index contributed by atoms with van der Waals surface area (Å²) in [6, 6.07) is -5.07. The lowest BCUT2D eigenvalue weighted by atomic mass is 10.0. The first kappa shape index (κ1) is 27.3. The highest BCUT2D eigenvalue weighted by Crippen LogP contribution is 2.07. The van der Waals surface area contributed by atoms with Gasteiger partial charge in [-0.05, 0) is 18.8 Å². The SMILES string of the molecule is CC(C)[C@H](NC(=O)[C@@H](NC(=O)[C@@H](NC(=O)[C@@H](N)CC(N)=O)C(C)C)[C@@H](C)O)C(=O)O. The molecule has 0 aromatic heterocycles. The lowest BCUT2D eigenvalue weighted by molar-refractivity contribution is -0.144. The molecule has 0 rings (SSSR count). The van der Waals surface area contributed by atoms with Gasteiger partial charge in [-0.3, -0.25) is 19.2 Å². The predicted molar refractivity (Wildman–Crippen MR) is 107 cm³/mol. The molecule has 0 saturated carbocycles. The van der Waals surface area contributed by atoms with Gasteiger partial charge in [-0.1, -0.05) is 27.7 Å². The Kier molecular flexibility index (Phi) is 11.0. The van der Waals surface area contributed by atoms with Crippen molar-refractivity contribution in [3.8, 4) is 0 Å². The number of carbonyl (C=O) groups is 5. The van der Waals surface area contributed by atoms with Gasteiger partial charge in [0, 0.05) is 0 Å². The van der Waals surface area contributed by atoms with Gasteiger partial charge in [0.1, 0.15) is 18.1 Å². The summed E-state index contributed by atoms with van der Waals surface area (Å²) in [5, 5.41) is 26.1. The molecule has 30 heavy (non-hydrogen) atoms. The minimum Gasteiger partial charge on any atom is -0.480 e. The largest absolute Gasteiger partial charge is 0.480 e. The maximum atomic E-state index is 12.7. The quantitative estimate of drug-likeness (QED) is 0.174. The fraction of sp³-hybridized carbons (Fsp3) is 0.722. The van der Waals surface area contributed by atoms with Crippen molar-refractivity contribution in [3.63, 3.8) is 0 Å². The summed E-state index contributed by atoms with van der Waals surface area (Å²) in [4.78, 5) is 59.5. The number of carboxylic acids is 1. The predicted octanol–water partition coefficient (Wildman–Crippen LogP) is -2.58. The van der Waals surface area contributed by atoms with Gasteiger partial charge in [0.15, 0.2) is 0 Å². The van der Waals surface area contributed by atoms with Crippen LogP contribution in [0.25, 0.3) is 0 Å². The molecule has 0 aliphatic carbocycles. The fourth-order valence-electron chi connectivity index (χ4n) is 2.51. The van der Waals surface area contributed by atoms with Crippen LogP contribution in [0.15, 0.2) is 0 Å². The molecule has 0 spiro atoms. The van der Waals surface area contributed by atoms with Crippen LogP contribution >= 0.6 is 0 Å². The number of aliphatic hydroxyl groups excluding tert-OH is 1. The molecule has 4 amide bonds. The molecule has 5 atom stereocenters. The molecule has 0 radical (unpaired) electrons. The Morgan fingerprint density at radius 2 is 1.17 bits per heavy atom. The molecule has 9 N–H and O–H groups in total. The first-order chi connectivity index (χ1) is 13.7. The zero-order valence-electron chi connectivity index (χ0n) is 17.8. The first-order valence-corrected chi connectivity index (χ1v) is 9.54. The molecular weight excluding hydrogens is 398 g/mol. The Morgan fingerprint density at radius 1 is 0.767 bits per heavy atom. The third-order valence-electron chi connectivity index (χ3n) is 4.30. The van der Waals surface area contributed by atoms with Crippen molar-refractivity contribution in [2.45, 2.75) is 71.3 Å². The monoisotopic (exact) mass is 431 g/mol. The van der Waals surface area contributed by atoms with E-state index in [0.29, 0.717) is 0 Å². The third-order valence-corrected chi connectivity index (χ3v) is 4.30. The number of primary amides is 1. The number of carboxylic acid groups (broad SMARTS) is 1. The third kappa shape index (κ3) is 8.74. The second kappa shape index (κ2) is 12.1. The normalized spacial score (nSPS) is 16.2. The molecule has 172 valence electrons. The van der Waals surface area contributed by atoms with Gasteiger partial charge in [-0.2, -0.15) is 0 Å². The molecule has 0 aliphatic rings. The van der Waals surface area contributed by atoms with E-state index in [2.05, 4.69) is 16.0 Å². The van der Waals surface area contributed by atoms with Crippen LogP contribution in [0.4, 0.5) is 0 Å². The zero-order valence-corrected chi connectivity index (χ0v) is 17.8. The average molecular weight is 431 g/mol. The number of aliphatic carboxylic acids is 1. The van der Waals surface area contributed by atoms with E-state index in [4.69, 9.17) is 11.5 Å². The molecule has 0 fully saturated rings. The van der Waals surface area contributed by atoms with Crippen LogP contribution in [-0.2, 0) is 24.0 Å². The Balaban J connectivity index is 5.36. The van der Waals surface area contributed by atoms with Gasteiger partial charge in [0.05, 0.1) is 18.6 Å². The standard InChI is InChI=1S/C18H33N5O7/c1-7(2)12(21-15(26)10(19)6-11(20)25)16(27)23-14(9(5)24)17(28)22-13(8(3)4)18(29)30/h7-10,12-14,24H,6,19H2,1-5H3,(H2,20,25)(H,21,26)(H,22,28)(H,23,27)(H,29,30)/t9-,10+,12+,13+,14+/m1/s1. The van der Waals surface area contributed by atoms with Gasteiger partial charge in [0.25, 0.3) is 0 Å². The van der Waals surface area contributed by atoms with Crippen LogP contribution in [-0.4, -0.2) is 70.1 Å². The van der Waals surface area contributed by atoms with E-state index in [1.54, 1.807) is 27.7 Å². The van der Waals surface area contributed by atoms with Crippen LogP contribution in [0.2, 0.25) is 0 Å². The van der Waals surface area contributed by atoms with Gasteiger partial charge < -0.3 is 37.6 Å². The number of nitrogens with one attached hydrogen (secondary N) is 3. The maximum absolute atomic E-state index is 12.7. The van der Waals surface area contributed by atoms with Crippen molar-refractivity contribution >= 4 is 29.6 Å². The highest BCUT2D eigenvalue weighted by molar-refractivity contribution is 5.95. The van der Waals surface area contributed by atoms with Crippen molar-refractivity contribution in [1.29, 1.82) is 0 Å². The van der Waals surface area contributed by atoms with Crippen LogP contribution < -0.4 is 27.4 Å². The van der Waals surface area contributed by atoms with E-state index >= 15 is 0 Å². The van der Waals surface area contributed by atoms with Gasteiger partial charge >= 0.3 is 5.97 Å². The molecule has 0 aromatic rings. The Labute approximate surface area is 175 Å². The van der Waals surface area contributed by atoms with Crippen molar-refractivity contribution in [2.75, 3.05) is 0 Å². The average Bonchev–Trinajstić information content (AvgIpc) is 2.59. The summed E-state index contributed by atoms with van der Waals surface area (Å²) in [7, 11) is 0. The zero-order chi connectivity index (χ0) is 23.8. The number of aliphatic hydroxyl groups is 1. The molecular formula is C18H33N5O7. The van der Waals surface area contributed by atoms with E-state index < -0.39 is 78.1 Å². The molecule has 0 heterocycles. The summed E-state index contributed by atoms with van der Waals surface area (Å²) < 4.78 is 0. The second-order valence-corrected chi connectivity index (χ2v) is 7.80.